The summed E-state index contributed by atoms with van der Waals surface area (Å²) in [6.45, 7) is 3.57. The van der Waals surface area contributed by atoms with Crippen molar-refractivity contribution in [1.29, 1.82) is 0 Å². The van der Waals surface area contributed by atoms with Crippen LogP contribution in [-0.2, 0) is 9.59 Å². The summed E-state index contributed by atoms with van der Waals surface area (Å²) in [6, 6.07) is 11.4. The Kier molecular flexibility index (Phi) is 7.60. The van der Waals surface area contributed by atoms with Crippen LogP contribution >= 0.6 is 35.5 Å². The first-order valence-electron chi connectivity index (χ1n) is 9.54. The minimum atomic E-state index is -0.756. The average molecular weight is 492 g/mol. The summed E-state index contributed by atoms with van der Waals surface area (Å²) in [5.41, 5.74) is 0.625. The molecule has 0 unspecified atom stereocenters. The fourth-order valence-corrected chi connectivity index (χ4v) is 4.70. The summed E-state index contributed by atoms with van der Waals surface area (Å²) in [5, 5.41) is 11.4. The van der Waals surface area contributed by atoms with E-state index in [-0.39, 0.29) is 21.9 Å². The van der Waals surface area contributed by atoms with Crippen molar-refractivity contribution in [3.8, 4) is 0 Å². The van der Waals surface area contributed by atoms with E-state index in [4.69, 9.17) is 11.6 Å². The van der Waals surface area contributed by atoms with E-state index < -0.39 is 22.8 Å². The number of urea groups is 1. The van der Waals surface area contributed by atoms with E-state index in [9.17, 15) is 24.5 Å². The summed E-state index contributed by atoms with van der Waals surface area (Å²) in [7, 11) is 0. The fraction of sp³-hybridized carbons (Fsp3) is 0.190. The van der Waals surface area contributed by atoms with Gasteiger partial charge in [0.25, 0.3) is 17.5 Å². The SMILES string of the molecule is CCSN1C(=O)C(=C(c2ccc([N+](=O)[O-])cc2)c2ccccc2Cl)C(=O)N(SCC)C1=O. The Morgan fingerprint density at radius 2 is 1.47 bits per heavy atom. The smallest absolute Gasteiger partial charge is 0.267 e. The van der Waals surface area contributed by atoms with Gasteiger partial charge in [0.1, 0.15) is 5.57 Å². The number of non-ortho nitro benzene ring substituents is 1. The molecule has 166 valence electrons. The number of nitrogens with zero attached hydrogens (tertiary/aromatic N) is 3. The normalized spacial score (nSPS) is 14.2. The molecule has 32 heavy (non-hydrogen) atoms. The Bertz CT molecular complexity index is 1090. The highest BCUT2D eigenvalue weighted by Crippen LogP contribution is 2.38. The Balaban J connectivity index is 2.33. The highest BCUT2D eigenvalue weighted by Gasteiger charge is 2.45. The Hall–Kier alpha value is -2.82. The molecule has 0 radical (unpaired) electrons. The zero-order valence-electron chi connectivity index (χ0n) is 17.1. The zero-order chi connectivity index (χ0) is 23.4. The third-order valence-electron chi connectivity index (χ3n) is 4.42. The molecule has 11 heteroatoms. The maximum Gasteiger partial charge on any atom is 0.354 e. The molecule has 0 atom stereocenters. The van der Waals surface area contributed by atoms with Crippen LogP contribution in [0.4, 0.5) is 10.5 Å². The van der Waals surface area contributed by atoms with Crippen LogP contribution in [-0.4, -0.2) is 42.9 Å². The molecule has 2 aromatic rings. The molecule has 0 spiro atoms. The average Bonchev–Trinajstić information content (AvgIpc) is 2.78. The predicted molar refractivity (Wildman–Crippen MR) is 126 cm³/mol. The number of hydrogen-bond donors (Lipinski definition) is 0. The van der Waals surface area contributed by atoms with Crippen molar-refractivity contribution in [2.24, 2.45) is 0 Å². The first-order valence-corrected chi connectivity index (χ1v) is 11.8. The second-order valence-corrected chi connectivity index (χ2v) is 9.16. The molecule has 1 saturated heterocycles. The lowest BCUT2D eigenvalue weighted by Crippen LogP contribution is -2.51. The standard InChI is InChI=1S/C21H18ClN3O5S2/c1-3-31-23-19(26)18(20(27)24(21(23)28)32-4-2)17(15-7-5-6-8-16(15)22)13-9-11-14(12-10-13)25(29)30/h5-12H,3-4H2,1-2H3. The van der Waals surface area contributed by atoms with Crippen molar-refractivity contribution in [3.63, 3.8) is 0 Å². The molecule has 0 bridgehead atoms. The molecule has 1 fully saturated rings. The zero-order valence-corrected chi connectivity index (χ0v) is 19.5. The van der Waals surface area contributed by atoms with Crippen molar-refractivity contribution in [1.82, 2.24) is 8.61 Å². The molecule has 3 rings (SSSR count). The van der Waals surface area contributed by atoms with Crippen LogP contribution in [0, 0.1) is 10.1 Å². The number of imide groups is 2. The fourth-order valence-electron chi connectivity index (χ4n) is 3.10. The molecular weight excluding hydrogens is 474 g/mol. The van der Waals surface area contributed by atoms with Gasteiger partial charge in [-0.3, -0.25) is 19.7 Å². The molecule has 4 amide bonds. The highest BCUT2D eigenvalue weighted by atomic mass is 35.5. The number of rotatable bonds is 7. The van der Waals surface area contributed by atoms with Crippen LogP contribution in [0.15, 0.2) is 54.1 Å². The summed E-state index contributed by atoms with van der Waals surface area (Å²) >= 11 is 8.40. The van der Waals surface area contributed by atoms with Crippen molar-refractivity contribution >= 4 is 64.6 Å². The number of halogens is 1. The van der Waals surface area contributed by atoms with E-state index in [1.807, 2.05) is 0 Å². The minimum absolute atomic E-state index is 0.139. The molecule has 1 aliphatic rings. The summed E-state index contributed by atoms with van der Waals surface area (Å²) in [5.74, 6) is -0.647. The van der Waals surface area contributed by atoms with Gasteiger partial charge in [0.15, 0.2) is 0 Å². The molecule has 0 N–H and O–H groups in total. The third kappa shape index (κ3) is 4.52. The van der Waals surface area contributed by atoms with Gasteiger partial charge in [-0.1, -0.05) is 43.6 Å². The quantitative estimate of drug-likeness (QED) is 0.173. The van der Waals surface area contributed by atoms with E-state index in [1.54, 1.807) is 38.1 Å². The number of hydrogen-bond acceptors (Lipinski definition) is 7. The number of carbonyl (C=O) groups is 3. The van der Waals surface area contributed by atoms with E-state index >= 15 is 0 Å². The van der Waals surface area contributed by atoms with Crippen molar-refractivity contribution in [2.45, 2.75) is 13.8 Å². The van der Waals surface area contributed by atoms with Crippen molar-refractivity contribution in [3.05, 3.63) is 80.4 Å². The topological polar surface area (TPSA) is 101 Å². The second kappa shape index (κ2) is 10.2. The summed E-state index contributed by atoms with van der Waals surface area (Å²) < 4.78 is 1.92. The molecule has 1 aliphatic heterocycles. The third-order valence-corrected chi connectivity index (χ3v) is 6.43. The van der Waals surface area contributed by atoms with Gasteiger partial charge >= 0.3 is 6.03 Å². The van der Waals surface area contributed by atoms with Gasteiger partial charge in [-0.2, -0.15) is 8.61 Å². The van der Waals surface area contributed by atoms with Crippen LogP contribution in [0.5, 0.6) is 0 Å². The van der Waals surface area contributed by atoms with E-state index in [0.29, 0.717) is 22.6 Å². The van der Waals surface area contributed by atoms with Crippen LogP contribution in [0.1, 0.15) is 25.0 Å². The molecule has 0 aromatic heterocycles. The molecule has 2 aromatic carbocycles. The van der Waals surface area contributed by atoms with E-state index in [0.717, 1.165) is 32.5 Å². The Morgan fingerprint density at radius 1 is 0.938 bits per heavy atom. The molecule has 8 nitrogen and oxygen atoms in total. The van der Waals surface area contributed by atoms with Gasteiger partial charge in [-0.05, 0) is 47.7 Å². The number of barbiturate groups is 1. The molecule has 1 heterocycles. The number of nitro benzene ring substituents is 1. The predicted octanol–water partition coefficient (Wildman–Crippen LogP) is 5.18. The van der Waals surface area contributed by atoms with Gasteiger partial charge in [0.05, 0.1) is 4.92 Å². The monoisotopic (exact) mass is 491 g/mol. The number of nitro groups is 1. The van der Waals surface area contributed by atoms with Crippen LogP contribution in [0.2, 0.25) is 5.02 Å². The van der Waals surface area contributed by atoms with Crippen LogP contribution < -0.4 is 0 Å². The van der Waals surface area contributed by atoms with Crippen molar-refractivity contribution in [2.75, 3.05) is 11.5 Å². The van der Waals surface area contributed by atoms with E-state index in [2.05, 4.69) is 0 Å². The van der Waals surface area contributed by atoms with Gasteiger partial charge < -0.3 is 0 Å². The summed E-state index contributed by atoms with van der Waals surface area (Å²) in [4.78, 5) is 50.1. The van der Waals surface area contributed by atoms with Gasteiger partial charge in [-0.25, -0.2) is 4.79 Å². The molecule has 0 aliphatic carbocycles. The highest BCUT2D eigenvalue weighted by molar-refractivity contribution is 7.99. The van der Waals surface area contributed by atoms with Crippen LogP contribution in [0.3, 0.4) is 0 Å². The minimum Gasteiger partial charge on any atom is -0.267 e. The van der Waals surface area contributed by atoms with Gasteiger partial charge in [0.2, 0.25) is 0 Å². The van der Waals surface area contributed by atoms with Gasteiger partial charge in [-0.15, -0.1) is 0 Å². The molecule has 0 saturated carbocycles. The number of amides is 4. The van der Waals surface area contributed by atoms with E-state index in [1.165, 1.54) is 24.3 Å². The lowest BCUT2D eigenvalue weighted by atomic mass is 9.91. The van der Waals surface area contributed by atoms with Gasteiger partial charge in [0, 0.05) is 39.8 Å². The first kappa shape index (κ1) is 23.8. The maximum absolute atomic E-state index is 13.4. The Labute approximate surface area is 198 Å². The lowest BCUT2D eigenvalue weighted by Gasteiger charge is -2.33. The Morgan fingerprint density at radius 3 is 1.94 bits per heavy atom. The first-order chi connectivity index (χ1) is 15.3. The largest absolute Gasteiger partial charge is 0.354 e. The van der Waals surface area contributed by atoms with Crippen molar-refractivity contribution < 1.29 is 19.3 Å². The summed E-state index contributed by atoms with van der Waals surface area (Å²) in [6.07, 6.45) is 0. The van der Waals surface area contributed by atoms with Crippen LogP contribution in [0.25, 0.3) is 5.57 Å². The maximum atomic E-state index is 13.4. The molecular formula is C21H18ClN3O5S2. The lowest BCUT2D eigenvalue weighted by molar-refractivity contribution is -0.384. The number of carbonyl (C=O) groups excluding carboxylic acids is 3. The number of benzene rings is 2. The second-order valence-electron chi connectivity index (χ2n) is 6.35.